The molecule has 1 aromatic rings. The molecule has 0 aromatic heterocycles. The van der Waals surface area contributed by atoms with Crippen LogP contribution in [0.4, 0.5) is 0 Å². The topological polar surface area (TPSA) is 24.7 Å². The Kier molecular flexibility index (Phi) is 4.35. The van der Waals surface area contributed by atoms with Crippen LogP contribution >= 0.6 is 0 Å². The van der Waals surface area contributed by atoms with E-state index in [0.29, 0.717) is 6.54 Å². The lowest BCUT2D eigenvalue weighted by molar-refractivity contribution is 1.08. The molecule has 0 aliphatic carbocycles. The van der Waals surface area contributed by atoms with E-state index in [1.54, 1.807) is 6.20 Å². The van der Waals surface area contributed by atoms with Crippen LogP contribution in [0.2, 0.25) is 0 Å². The Bertz CT molecular complexity index is 337. The fraction of sp³-hybridized carbons (Fsp3) is 0.167. The molecule has 2 heteroatoms. The minimum Gasteiger partial charge on any atom is -0.288 e. The van der Waals surface area contributed by atoms with E-state index in [0.717, 1.165) is 5.57 Å². The van der Waals surface area contributed by atoms with Crippen molar-refractivity contribution in [3.8, 4) is 0 Å². The predicted octanol–water partition coefficient (Wildman–Crippen LogP) is 2.86. The minimum atomic E-state index is 0.711. The normalized spacial score (nSPS) is 11.9. The summed E-state index contributed by atoms with van der Waals surface area (Å²) in [6.07, 6.45) is 3.50. The molecule has 0 bridgehead atoms. The summed E-state index contributed by atoms with van der Waals surface area (Å²) < 4.78 is 0. The van der Waals surface area contributed by atoms with Gasteiger partial charge in [-0.2, -0.15) is 0 Å². The van der Waals surface area contributed by atoms with Gasteiger partial charge < -0.3 is 0 Å². The van der Waals surface area contributed by atoms with Gasteiger partial charge in [-0.05, 0) is 24.8 Å². The van der Waals surface area contributed by atoms with Crippen molar-refractivity contribution in [2.45, 2.75) is 13.5 Å². The molecule has 72 valence electrons. The van der Waals surface area contributed by atoms with Crippen molar-refractivity contribution < 1.29 is 0 Å². The maximum absolute atomic E-state index is 4.28. The number of hydrogen-bond donors (Lipinski definition) is 0. The van der Waals surface area contributed by atoms with E-state index >= 15 is 0 Å². The lowest BCUT2D eigenvalue weighted by Crippen LogP contribution is -1.82. The van der Waals surface area contributed by atoms with Crippen molar-refractivity contribution in [3.63, 3.8) is 0 Å². The van der Waals surface area contributed by atoms with Crippen molar-refractivity contribution in [3.05, 3.63) is 47.7 Å². The maximum atomic E-state index is 4.28. The molecular formula is C12H14N2. The van der Waals surface area contributed by atoms with E-state index < -0.39 is 0 Å². The molecule has 0 aliphatic rings. The Balaban J connectivity index is 2.49. The standard InChI is InChI=1S/C12H14N2/c1-11(8-13-2)9-14-10-12-6-4-3-5-7-12/h3-9H,2,10H2,1H3/b11-8-,14-9?. The van der Waals surface area contributed by atoms with Gasteiger partial charge in [0.15, 0.2) is 0 Å². The van der Waals surface area contributed by atoms with Gasteiger partial charge in [0.25, 0.3) is 0 Å². The van der Waals surface area contributed by atoms with Gasteiger partial charge in [-0.1, -0.05) is 30.3 Å². The molecule has 0 atom stereocenters. The molecule has 0 unspecified atom stereocenters. The number of aliphatic imine (C=N–C) groups is 2. The van der Waals surface area contributed by atoms with Crippen LogP contribution in [-0.2, 0) is 6.54 Å². The first-order chi connectivity index (χ1) is 6.83. The van der Waals surface area contributed by atoms with Gasteiger partial charge in [-0.15, -0.1) is 0 Å². The molecule has 0 fully saturated rings. The highest BCUT2D eigenvalue weighted by molar-refractivity contribution is 5.77. The van der Waals surface area contributed by atoms with Crippen LogP contribution in [0, 0.1) is 0 Å². The van der Waals surface area contributed by atoms with Gasteiger partial charge in [0.05, 0.1) is 6.54 Å². The molecule has 0 radical (unpaired) electrons. The second kappa shape index (κ2) is 5.86. The van der Waals surface area contributed by atoms with Crippen molar-refractivity contribution >= 4 is 12.9 Å². The minimum absolute atomic E-state index is 0.711. The molecule has 0 saturated carbocycles. The average molecular weight is 186 g/mol. The summed E-state index contributed by atoms with van der Waals surface area (Å²) in [6, 6.07) is 10.1. The van der Waals surface area contributed by atoms with Gasteiger partial charge >= 0.3 is 0 Å². The van der Waals surface area contributed by atoms with E-state index in [9.17, 15) is 0 Å². The molecule has 0 heterocycles. The molecular weight excluding hydrogens is 172 g/mol. The van der Waals surface area contributed by atoms with Gasteiger partial charge in [0.1, 0.15) is 0 Å². The van der Waals surface area contributed by atoms with Crippen LogP contribution in [0.15, 0.2) is 52.1 Å². The first-order valence-corrected chi connectivity index (χ1v) is 4.49. The van der Waals surface area contributed by atoms with E-state index in [1.807, 2.05) is 31.3 Å². The Morgan fingerprint density at radius 3 is 2.71 bits per heavy atom. The highest BCUT2D eigenvalue weighted by Gasteiger charge is 1.86. The summed E-state index contributed by atoms with van der Waals surface area (Å²) in [5, 5.41) is 0. The molecule has 0 amide bonds. The number of allylic oxidation sites excluding steroid dienone is 1. The Hall–Kier alpha value is -1.70. The summed E-state index contributed by atoms with van der Waals surface area (Å²) in [6.45, 7) is 6.04. The number of benzene rings is 1. The molecule has 0 N–H and O–H groups in total. The zero-order valence-electron chi connectivity index (χ0n) is 8.35. The van der Waals surface area contributed by atoms with Crippen molar-refractivity contribution in [1.29, 1.82) is 0 Å². The quantitative estimate of drug-likeness (QED) is 0.646. The van der Waals surface area contributed by atoms with Crippen molar-refractivity contribution in [2.24, 2.45) is 9.98 Å². The van der Waals surface area contributed by atoms with Crippen LogP contribution < -0.4 is 0 Å². The molecule has 14 heavy (non-hydrogen) atoms. The molecule has 1 rings (SSSR count). The maximum Gasteiger partial charge on any atom is 0.0639 e. The van der Waals surface area contributed by atoms with Crippen LogP contribution in [-0.4, -0.2) is 12.9 Å². The Morgan fingerprint density at radius 1 is 1.36 bits per heavy atom. The summed E-state index contributed by atoms with van der Waals surface area (Å²) in [5.74, 6) is 0. The third-order valence-electron chi connectivity index (χ3n) is 1.71. The lowest BCUT2D eigenvalue weighted by atomic mass is 10.2. The van der Waals surface area contributed by atoms with E-state index in [2.05, 4.69) is 28.8 Å². The van der Waals surface area contributed by atoms with Crippen molar-refractivity contribution in [1.82, 2.24) is 0 Å². The predicted molar refractivity (Wildman–Crippen MR) is 61.9 cm³/mol. The third-order valence-corrected chi connectivity index (χ3v) is 1.71. The van der Waals surface area contributed by atoms with Gasteiger partial charge in [0.2, 0.25) is 0 Å². The highest BCUT2D eigenvalue weighted by Crippen LogP contribution is 2.00. The summed E-state index contributed by atoms with van der Waals surface area (Å²) in [5.41, 5.74) is 2.22. The van der Waals surface area contributed by atoms with Gasteiger partial charge in [-0.3, -0.25) is 9.98 Å². The molecule has 0 aliphatic heterocycles. The van der Waals surface area contributed by atoms with E-state index in [-0.39, 0.29) is 0 Å². The zero-order valence-corrected chi connectivity index (χ0v) is 8.35. The highest BCUT2D eigenvalue weighted by atomic mass is 14.7. The number of nitrogens with zero attached hydrogens (tertiary/aromatic N) is 2. The molecule has 0 spiro atoms. The van der Waals surface area contributed by atoms with Crippen LogP contribution in [0.1, 0.15) is 12.5 Å². The van der Waals surface area contributed by atoms with Gasteiger partial charge in [-0.25, -0.2) is 0 Å². The second-order valence-electron chi connectivity index (χ2n) is 3.01. The monoisotopic (exact) mass is 186 g/mol. The van der Waals surface area contributed by atoms with Crippen molar-refractivity contribution in [2.75, 3.05) is 0 Å². The van der Waals surface area contributed by atoms with Gasteiger partial charge in [0, 0.05) is 12.4 Å². The van der Waals surface area contributed by atoms with E-state index in [4.69, 9.17) is 0 Å². The fourth-order valence-electron chi connectivity index (χ4n) is 1.06. The molecule has 2 nitrogen and oxygen atoms in total. The summed E-state index contributed by atoms with van der Waals surface area (Å²) in [4.78, 5) is 7.94. The Morgan fingerprint density at radius 2 is 2.07 bits per heavy atom. The summed E-state index contributed by atoms with van der Waals surface area (Å²) >= 11 is 0. The molecule has 1 aromatic carbocycles. The SMILES string of the molecule is C=N/C=C(/C)C=NCc1ccccc1. The third kappa shape index (κ3) is 3.81. The smallest absolute Gasteiger partial charge is 0.0639 e. The largest absolute Gasteiger partial charge is 0.288 e. The van der Waals surface area contributed by atoms with E-state index in [1.165, 1.54) is 5.56 Å². The number of hydrogen-bond acceptors (Lipinski definition) is 2. The number of rotatable bonds is 4. The lowest BCUT2D eigenvalue weighted by Gasteiger charge is -1.94. The zero-order chi connectivity index (χ0) is 10.2. The second-order valence-corrected chi connectivity index (χ2v) is 3.01. The first kappa shape index (κ1) is 10.4. The average Bonchev–Trinajstić information content (AvgIpc) is 2.20. The van der Waals surface area contributed by atoms with Crippen LogP contribution in [0.5, 0.6) is 0 Å². The van der Waals surface area contributed by atoms with Crippen LogP contribution in [0.25, 0.3) is 0 Å². The first-order valence-electron chi connectivity index (χ1n) is 4.49. The Labute approximate surface area is 84.7 Å². The molecule has 0 saturated heterocycles. The van der Waals surface area contributed by atoms with Crippen LogP contribution in [0.3, 0.4) is 0 Å². The fourth-order valence-corrected chi connectivity index (χ4v) is 1.06. The summed E-state index contributed by atoms with van der Waals surface area (Å²) in [7, 11) is 0.